The van der Waals surface area contributed by atoms with E-state index in [-0.39, 0.29) is 23.2 Å². The molecular weight excluding hydrogens is 426 g/mol. The molecule has 0 saturated heterocycles. The zero-order valence-corrected chi connectivity index (χ0v) is 19.2. The number of hydrogen-bond donors (Lipinski definition) is 0. The van der Waals surface area contributed by atoms with Crippen molar-refractivity contribution >= 4 is 28.5 Å². The Morgan fingerprint density at radius 3 is 2.12 bits per heavy atom. The lowest BCUT2D eigenvalue weighted by Gasteiger charge is -2.11. The molecule has 0 amide bonds. The van der Waals surface area contributed by atoms with Crippen molar-refractivity contribution in [2.24, 2.45) is 0 Å². The molecule has 0 unspecified atom stereocenters. The lowest BCUT2D eigenvalue weighted by Crippen LogP contribution is -2.07. The van der Waals surface area contributed by atoms with Gasteiger partial charge in [0.1, 0.15) is 18.1 Å². The van der Waals surface area contributed by atoms with Crippen molar-refractivity contribution in [3.8, 4) is 11.5 Å². The summed E-state index contributed by atoms with van der Waals surface area (Å²) in [6.45, 7) is 5.08. The molecule has 0 fully saturated rings. The summed E-state index contributed by atoms with van der Waals surface area (Å²) >= 11 is 0. The molecule has 0 atom stereocenters. The Morgan fingerprint density at radius 2 is 1.44 bits per heavy atom. The Hall–Kier alpha value is -4.12. The largest absolute Gasteiger partial charge is 0.492 e. The number of ketones is 2. The molecule has 170 valence electrons. The number of benzene rings is 3. The van der Waals surface area contributed by atoms with E-state index in [0.717, 1.165) is 28.0 Å². The van der Waals surface area contributed by atoms with Crippen molar-refractivity contribution in [2.45, 2.75) is 26.5 Å². The number of carbonyl (C=O) groups is 2. The maximum absolute atomic E-state index is 12.8. The van der Waals surface area contributed by atoms with E-state index in [1.807, 2.05) is 68.6 Å². The number of hydrogen-bond acceptors (Lipinski definition) is 4. The van der Waals surface area contributed by atoms with E-state index in [0.29, 0.717) is 24.3 Å². The van der Waals surface area contributed by atoms with Gasteiger partial charge in [-0.3, -0.25) is 9.59 Å². The van der Waals surface area contributed by atoms with Crippen LogP contribution in [0.4, 0.5) is 0 Å². The van der Waals surface area contributed by atoms with Crippen LogP contribution in [0.3, 0.4) is 0 Å². The van der Waals surface area contributed by atoms with Crippen LogP contribution >= 0.6 is 0 Å². The number of allylic oxidation sites excluding steroid dienone is 1. The predicted molar refractivity (Wildman–Crippen MR) is 133 cm³/mol. The standard InChI is InChI=1S/C29H25NO4/c1-19(2)34-22-13-11-21(12-14-22)33-16-15-30-18-20(23-7-5-6-10-27(23)30)17-26-28(31)24-8-3-4-9-25(24)29(26)32/h3-14,17-19H,15-16H2,1-2H3. The summed E-state index contributed by atoms with van der Waals surface area (Å²) in [5, 5.41) is 0.988. The van der Waals surface area contributed by atoms with Gasteiger partial charge in [-0.15, -0.1) is 0 Å². The molecule has 3 aromatic carbocycles. The zero-order chi connectivity index (χ0) is 23.7. The molecule has 0 bridgehead atoms. The van der Waals surface area contributed by atoms with Crippen LogP contribution in [0.1, 0.15) is 40.1 Å². The summed E-state index contributed by atoms with van der Waals surface area (Å²) < 4.78 is 13.7. The number of fused-ring (bicyclic) bond motifs is 2. The molecule has 1 aliphatic rings. The van der Waals surface area contributed by atoms with Crippen molar-refractivity contribution in [3.63, 3.8) is 0 Å². The molecule has 0 spiro atoms. The first-order valence-electron chi connectivity index (χ1n) is 11.4. The first-order chi connectivity index (χ1) is 16.5. The molecule has 1 aromatic heterocycles. The lowest BCUT2D eigenvalue weighted by atomic mass is 10.1. The Morgan fingerprint density at radius 1 is 0.824 bits per heavy atom. The van der Waals surface area contributed by atoms with Gasteiger partial charge in [-0.1, -0.05) is 42.5 Å². The van der Waals surface area contributed by atoms with E-state index < -0.39 is 0 Å². The molecule has 5 rings (SSSR count). The van der Waals surface area contributed by atoms with E-state index in [9.17, 15) is 9.59 Å². The van der Waals surface area contributed by atoms with Crippen LogP contribution < -0.4 is 9.47 Å². The van der Waals surface area contributed by atoms with Crippen LogP contribution in [0.25, 0.3) is 17.0 Å². The van der Waals surface area contributed by atoms with E-state index in [1.54, 1.807) is 30.3 Å². The Kier molecular flexibility index (Phi) is 5.76. The van der Waals surface area contributed by atoms with Gasteiger partial charge in [-0.2, -0.15) is 0 Å². The third-order valence-electron chi connectivity index (χ3n) is 5.82. The molecule has 1 aliphatic carbocycles. The van der Waals surface area contributed by atoms with E-state index in [2.05, 4.69) is 4.57 Å². The van der Waals surface area contributed by atoms with Gasteiger partial charge in [-0.05, 0) is 50.3 Å². The SMILES string of the molecule is CC(C)Oc1ccc(OCCn2cc(C=C3C(=O)c4ccccc4C3=O)c3ccccc32)cc1. The topological polar surface area (TPSA) is 57.5 Å². The highest BCUT2D eigenvalue weighted by atomic mass is 16.5. The van der Waals surface area contributed by atoms with Crippen LogP contribution in [0.5, 0.6) is 11.5 Å². The summed E-state index contributed by atoms with van der Waals surface area (Å²) in [7, 11) is 0. The summed E-state index contributed by atoms with van der Waals surface area (Å²) in [6, 6.07) is 22.5. The molecule has 5 heteroatoms. The van der Waals surface area contributed by atoms with Crippen molar-refractivity contribution in [3.05, 3.63) is 101 Å². The van der Waals surface area contributed by atoms with Crippen LogP contribution in [0.15, 0.2) is 84.6 Å². The number of rotatable bonds is 7. The van der Waals surface area contributed by atoms with Crippen LogP contribution in [0, 0.1) is 0 Å². The average molecular weight is 452 g/mol. The van der Waals surface area contributed by atoms with Gasteiger partial charge in [0.05, 0.1) is 18.2 Å². The molecule has 0 radical (unpaired) electrons. The summed E-state index contributed by atoms with van der Waals surface area (Å²) in [5.74, 6) is 1.15. The Bertz CT molecular complexity index is 1370. The molecule has 0 saturated carbocycles. The smallest absolute Gasteiger partial charge is 0.197 e. The van der Waals surface area contributed by atoms with Crippen molar-refractivity contribution < 1.29 is 19.1 Å². The summed E-state index contributed by atoms with van der Waals surface area (Å²) in [5.41, 5.74) is 3.02. The average Bonchev–Trinajstić information content (AvgIpc) is 3.31. The Labute approximate surface area is 198 Å². The van der Waals surface area contributed by atoms with Gasteiger partial charge in [0, 0.05) is 33.8 Å². The normalized spacial score (nSPS) is 13.0. The van der Waals surface area contributed by atoms with Gasteiger partial charge in [0.25, 0.3) is 0 Å². The second-order valence-electron chi connectivity index (χ2n) is 8.54. The minimum Gasteiger partial charge on any atom is -0.492 e. The van der Waals surface area contributed by atoms with Crippen molar-refractivity contribution in [2.75, 3.05) is 6.61 Å². The summed E-state index contributed by atoms with van der Waals surface area (Å²) in [4.78, 5) is 25.7. The van der Waals surface area contributed by atoms with Crippen molar-refractivity contribution in [1.82, 2.24) is 4.57 Å². The fraction of sp³-hybridized carbons (Fsp3) is 0.172. The maximum atomic E-state index is 12.8. The molecule has 34 heavy (non-hydrogen) atoms. The highest BCUT2D eigenvalue weighted by Gasteiger charge is 2.32. The predicted octanol–water partition coefficient (Wildman–Crippen LogP) is 5.97. The van der Waals surface area contributed by atoms with Crippen molar-refractivity contribution in [1.29, 1.82) is 0 Å². The number of ether oxygens (including phenoxy) is 2. The quantitative estimate of drug-likeness (QED) is 0.257. The molecule has 0 aliphatic heterocycles. The van der Waals surface area contributed by atoms with Crippen LogP contribution in [0.2, 0.25) is 0 Å². The number of nitrogens with zero attached hydrogens (tertiary/aromatic N) is 1. The minimum absolute atomic E-state index is 0.127. The maximum Gasteiger partial charge on any atom is 0.197 e. The number of carbonyl (C=O) groups excluding carboxylic acids is 2. The Balaban J connectivity index is 1.36. The van der Waals surface area contributed by atoms with Gasteiger partial charge >= 0.3 is 0 Å². The van der Waals surface area contributed by atoms with Gasteiger partial charge in [-0.25, -0.2) is 0 Å². The minimum atomic E-state index is -0.217. The van der Waals surface area contributed by atoms with Crippen LogP contribution in [-0.2, 0) is 6.54 Å². The van der Waals surface area contributed by atoms with E-state index >= 15 is 0 Å². The highest BCUT2D eigenvalue weighted by Crippen LogP contribution is 2.30. The van der Waals surface area contributed by atoms with E-state index in [4.69, 9.17) is 9.47 Å². The fourth-order valence-corrected chi connectivity index (χ4v) is 4.28. The lowest BCUT2D eigenvalue weighted by molar-refractivity contribution is 0.0990. The number of para-hydroxylation sites is 1. The van der Waals surface area contributed by atoms with Gasteiger partial charge < -0.3 is 14.0 Å². The van der Waals surface area contributed by atoms with Gasteiger partial charge in [0.15, 0.2) is 11.6 Å². The molecule has 5 nitrogen and oxygen atoms in total. The van der Waals surface area contributed by atoms with E-state index in [1.165, 1.54) is 0 Å². The monoisotopic (exact) mass is 451 g/mol. The van der Waals surface area contributed by atoms with Crippen LogP contribution in [-0.4, -0.2) is 28.8 Å². The second-order valence-corrected chi connectivity index (χ2v) is 8.54. The fourth-order valence-electron chi connectivity index (χ4n) is 4.28. The summed E-state index contributed by atoms with van der Waals surface area (Å²) in [6.07, 6.45) is 3.82. The third kappa shape index (κ3) is 4.13. The van der Waals surface area contributed by atoms with Gasteiger partial charge in [0.2, 0.25) is 0 Å². The molecular formula is C29H25NO4. The zero-order valence-electron chi connectivity index (χ0n) is 19.2. The first-order valence-corrected chi connectivity index (χ1v) is 11.4. The molecule has 1 heterocycles. The number of Topliss-reactive ketones (excluding diaryl/α,β-unsaturated/α-hetero) is 2. The highest BCUT2D eigenvalue weighted by molar-refractivity contribution is 6.41. The molecule has 0 N–H and O–H groups in total. The molecule has 4 aromatic rings. The first kappa shape index (κ1) is 21.7. The number of aromatic nitrogens is 1. The third-order valence-corrected chi connectivity index (χ3v) is 5.82. The second kappa shape index (κ2) is 9.02.